The van der Waals surface area contributed by atoms with Gasteiger partial charge in [0.2, 0.25) is 5.95 Å². The number of halogens is 1. The first-order valence-corrected chi connectivity index (χ1v) is 18.3. The lowest BCUT2D eigenvalue weighted by Gasteiger charge is -2.42. The third kappa shape index (κ3) is 6.76. The Kier molecular flexibility index (Phi) is 9.34. The molecule has 2 fully saturated rings. The Morgan fingerprint density at radius 3 is 2.43 bits per heavy atom. The Morgan fingerprint density at radius 1 is 1.00 bits per heavy atom. The third-order valence-corrected chi connectivity index (χ3v) is 10.5. The molecule has 0 saturated carbocycles. The lowest BCUT2D eigenvalue weighted by atomic mass is 10.00. The number of methoxy groups -OCH3 is 1. The maximum absolute atomic E-state index is 13.4. The maximum atomic E-state index is 13.4. The molecule has 46 heavy (non-hydrogen) atoms. The number of rotatable bonds is 8. The van der Waals surface area contributed by atoms with E-state index in [1.54, 1.807) is 32.8 Å². The van der Waals surface area contributed by atoms with E-state index in [9.17, 15) is 4.57 Å². The van der Waals surface area contributed by atoms with E-state index in [-0.39, 0.29) is 5.95 Å². The van der Waals surface area contributed by atoms with Crippen LogP contribution in [0.5, 0.6) is 5.75 Å². The molecule has 4 heterocycles. The zero-order valence-corrected chi connectivity index (χ0v) is 28.3. The molecule has 0 bridgehead atoms. The summed E-state index contributed by atoms with van der Waals surface area (Å²) in [5.41, 5.74) is 4.18. The third-order valence-electron chi connectivity index (χ3n) is 8.73. The molecule has 11 nitrogen and oxygen atoms in total. The van der Waals surface area contributed by atoms with Gasteiger partial charge in [-0.3, -0.25) is 14.9 Å². The van der Waals surface area contributed by atoms with Crippen molar-refractivity contribution in [3.8, 4) is 18.1 Å². The first-order chi connectivity index (χ1) is 22.1. The fourth-order valence-electron chi connectivity index (χ4n) is 6.30. The molecule has 13 heteroatoms. The summed E-state index contributed by atoms with van der Waals surface area (Å²) in [6.45, 7) is 9.78. The van der Waals surface area contributed by atoms with Crippen LogP contribution in [0.3, 0.4) is 0 Å². The number of nitrogens with zero attached hydrogens (tertiary/aromatic N) is 7. The number of piperazine rings is 1. The fourth-order valence-corrected chi connectivity index (χ4v) is 7.83. The number of nitrogens with one attached hydrogen (secondary N) is 2. The molecular weight excluding hydrogens is 621 g/mol. The van der Waals surface area contributed by atoms with Gasteiger partial charge in [-0.05, 0) is 51.4 Å². The lowest BCUT2D eigenvalue weighted by Crippen LogP contribution is -2.52. The van der Waals surface area contributed by atoms with Crippen LogP contribution in [0.1, 0.15) is 18.4 Å². The van der Waals surface area contributed by atoms with Crippen molar-refractivity contribution in [1.29, 1.82) is 0 Å². The van der Waals surface area contributed by atoms with Gasteiger partial charge in [0.05, 0.1) is 41.2 Å². The number of benzene rings is 2. The summed E-state index contributed by atoms with van der Waals surface area (Å²) >= 11 is 6.54. The molecule has 6 rings (SSSR count). The standard InChI is InChI=1S/C33H39ClN9O2P/c1-6-22-19-27(29(45-3)20-28(22)43-13-9-23(10-14-43)42-17-15-41(2)16-18-42)39-33-37-21-24(34)32(40-33)38-26-8-7-25-30(36-12-11-35-25)31(26)46(4,5)44/h1,7-8,11-12,19-21,23H,9-10,13-18H2,2-5H3,(H2,37,38,39,40). The van der Waals surface area contributed by atoms with Crippen molar-refractivity contribution >= 4 is 63.9 Å². The Hall–Kier alpha value is -3.94. The summed E-state index contributed by atoms with van der Waals surface area (Å²) in [6.07, 6.45) is 12.9. The van der Waals surface area contributed by atoms with Crippen molar-refractivity contribution in [2.45, 2.75) is 18.9 Å². The van der Waals surface area contributed by atoms with Crippen molar-refractivity contribution in [1.82, 2.24) is 29.7 Å². The number of terminal acetylenes is 1. The normalized spacial score (nSPS) is 16.7. The molecule has 0 aliphatic carbocycles. The van der Waals surface area contributed by atoms with Crippen LogP contribution in [0, 0.1) is 12.3 Å². The number of fused-ring (bicyclic) bond motifs is 1. The van der Waals surface area contributed by atoms with Gasteiger partial charge in [0.1, 0.15) is 23.4 Å². The highest BCUT2D eigenvalue weighted by Gasteiger charge is 2.28. The van der Waals surface area contributed by atoms with Crippen LogP contribution in [0.15, 0.2) is 42.9 Å². The molecule has 240 valence electrons. The molecule has 0 amide bonds. The predicted molar refractivity (Wildman–Crippen MR) is 187 cm³/mol. The highest BCUT2D eigenvalue weighted by Crippen LogP contribution is 2.41. The molecule has 2 aromatic heterocycles. The number of hydrogen-bond donors (Lipinski definition) is 2. The van der Waals surface area contributed by atoms with Gasteiger partial charge < -0.3 is 29.7 Å². The van der Waals surface area contributed by atoms with Gasteiger partial charge in [0.15, 0.2) is 5.82 Å². The van der Waals surface area contributed by atoms with Crippen LogP contribution in [0.2, 0.25) is 5.02 Å². The van der Waals surface area contributed by atoms with E-state index in [1.807, 2.05) is 24.3 Å². The maximum Gasteiger partial charge on any atom is 0.229 e. The van der Waals surface area contributed by atoms with Crippen LogP contribution >= 0.6 is 18.7 Å². The van der Waals surface area contributed by atoms with E-state index in [4.69, 9.17) is 22.8 Å². The monoisotopic (exact) mass is 659 g/mol. The second-order valence-electron chi connectivity index (χ2n) is 12.1. The van der Waals surface area contributed by atoms with E-state index in [1.165, 1.54) is 6.20 Å². The van der Waals surface area contributed by atoms with Gasteiger partial charge in [-0.2, -0.15) is 4.98 Å². The quantitative estimate of drug-likeness (QED) is 0.197. The minimum absolute atomic E-state index is 0.284. The number of anilines is 5. The van der Waals surface area contributed by atoms with Gasteiger partial charge in [-0.15, -0.1) is 6.42 Å². The van der Waals surface area contributed by atoms with Gasteiger partial charge in [0, 0.05) is 69.3 Å². The van der Waals surface area contributed by atoms with Crippen LogP contribution in [-0.4, -0.2) is 103 Å². The number of ether oxygens (including phenoxy) is 1. The van der Waals surface area contributed by atoms with E-state index >= 15 is 0 Å². The summed E-state index contributed by atoms with van der Waals surface area (Å²) in [5.74, 6) is 4.12. The van der Waals surface area contributed by atoms with Crippen LogP contribution in [0.25, 0.3) is 11.0 Å². The average molecular weight is 660 g/mol. The summed E-state index contributed by atoms with van der Waals surface area (Å²) in [4.78, 5) is 25.3. The van der Waals surface area contributed by atoms with Crippen LogP contribution in [0.4, 0.5) is 28.8 Å². The molecule has 0 unspecified atom stereocenters. The van der Waals surface area contributed by atoms with Gasteiger partial charge >= 0.3 is 0 Å². The number of aromatic nitrogens is 4. The minimum atomic E-state index is -2.78. The minimum Gasteiger partial charge on any atom is -0.494 e. The van der Waals surface area contributed by atoms with Crippen molar-refractivity contribution in [2.24, 2.45) is 0 Å². The zero-order valence-electron chi connectivity index (χ0n) is 26.6. The largest absolute Gasteiger partial charge is 0.494 e. The number of likely N-dealkylation sites (N-methyl/N-ethyl adjacent to an activating group) is 1. The zero-order chi connectivity index (χ0) is 32.4. The van der Waals surface area contributed by atoms with Crippen molar-refractivity contribution in [2.75, 3.05) is 82.3 Å². The van der Waals surface area contributed by atoms with Gasteiger partial charge in [-0.25, -0.2) is 4.98 Å². The van der Waals surface area contributed by atoms with E-state index in [0.717, 1.165) is 63.4 Å². The van der Waals surface area contributed by atoms with Gasteiger partial charge in [0.25, 0.3) is 0 Å². The molecule has 0 atom stereocenters. The summed E-state index contributed by atoms with van der Waals surface area (Å²) in [5, 5.41) is 7.39. The highest BCUT2D eigenvalue weighted by atomic mass is 35.5. The molecule has 2 saturated heterocycles. The van der Waals surface area contributed by atoms with Crippen molar-refractivity contribution in [3.05, 3.63) is 53.4 Å². The number of piperidine rings is 1. The van der Waals surface area contributed by atoms with Crippen LogP contribution in [-0.2, 0) is 4.57 Å². The fraction of sp³-hybridized carbons (Fsp3) is 0.394. The van der Waals surface area contributed by atoms with E-state index in [2.05, 4.69) is 58.2 Å². The molecule has 2 aliphatic rings. The molecule has 2 N–H and O–H groups in total. The summed E-state index contributed by atoms with van der Waals surface area (Å²) in [6, 6.07) is 8.13. The summed E-state index contributed by atoms with van der Waals surface area (Å²) < 4.78 is 19.2. The van der Waals surface area contributed by atoms with Crippen molar-refractivity contribution < 1.29 is 9.30 Å². The molecule has 2 aromatic carbocycles. The van der Waals surface area contributed by atoms with E-state index < -0.39 is 7.14 Å². The first kappa shape index (κ1) is 32.0. The van der Waals surface area contributed by atoms with E-state index in [0.29, 0.717) is 50.3 Å². The smallest absolute Gasteiger partial charge is 0.229 e. The second-order valence-corrected chi connectivity index (χ2v) is 15.7. The molecule has 4 aromatic rings. The lowest BCUT2D eigenvalue weighted by molar-refractivity contribution is 0.0982. The Morgan fingerprint density at radius 2 is 1.74 bits per heavy atom. The SMILES string of the molecule is C#Cc1cc(Nc2ncc(Cl)c(Nc3ccc4nccnc4c3P(C)(C)=O)n2)c(OC)cc1N1CCC(N2CCN(C)CC2)CC1. The molecule has 2 aliphatic heterocycles. The van der Waals surface area contributed by atoms with Crippen molar-refractivity contribution in [3.63, 3.8) is 0 Å². The predicted octanol–water partition coefficient (Wildman–Crippen LogP) is 5.01. The first-order valence-electron chi connectivity index (χ1n) is 15.4. The Bertz CT molecular complexity index is 1830. The number of hydrogen-bond acceptors (Lipinski definition) is 11. The Balaban J connectivity index is 1.23. The average Bonchev–Trinajstić information content (AvgIpc) is 3.06. The molecule has 0 radical (unpaired) electrons. The molecular formula is C33H39ClN9O2P. The Labute approximate surface area is 275 Å². The van der Waals surface area contributed by atoms with Gasteiger partial charge in [-0.1, -0.05) is 17.5 Å². The highest BCUT2D eigenvalue weighted by molar-refractivity contribution is 7.71. The molecule has 0 spiro atoms. The topological polar surface area (TPSA) is 112 Å². The van der Waals surface area contributed by atoms with Crippen LogP contribution < -0.4 is 25.6 Å². The summed E-state index contributed by atoms with van der Waals surface area (Å²) in [7, 11) is 1.04. The second kappa shape index (κ2) is 13.4.